The van der Waals surface area contributed by atoms with Crippen LogP contribution in [0.3, 0.4) is 0 Å². The van der Waals surface area contributed by atoms with E-state index < -0.39 is 4.92 Å². The van der Waals surface area contributed by atoms with E-state index in [-0.39, 0.29) is 18.0 Å². The molecule has 10 heteroatoms. The number of nitro benzene ring substituents is 1. The number of carbonyl (C=O) groups is 1. The van der Waals surface area contributed by atoms with Crippen molar-refractivity contribution in [2.45, 2.75) is 27.2 Å². The minimum absolute atomic E-state index is 0.0168. The zero-order valence-corrected chi connectivity index (χ0v) is 19.0. The number of benzene rings is 2. The SMILES string of the molecule is Cc1cc(NC(=O)Cc2c(C)nn(-c3ccc(Cl)cc3)c2C)n(-c2ccc([N+](=O)[O-])cc2)n1. The number of aromatic nitrogens is 4. The Morgan fingerprint density at radius 1 is 1.00 bits per heavy atom. The molecule has 0 fully saturated rings. The molecule has 33 heavy (non-hydrogen) atoms. The third-order valence-electron chi connectivity index (χ3n) is 5.25. The van der Waals surface area contributed by atoms with Crippen LogP contribution in [0.4, 0.5) is 11.5 Å². The van der Waals surface area contributed by atoms with Crippen molar-refractivity contribution in [3.63, 3.8) is 0 Å². The lowest BCUT2D eigenvalue weighted by Crippen LogP contribution is -2.18. The number of anilines is 1. The average molecular weight is 465 g/mol. The molecule has 4 aromatic rings. The van der Waals surface area contributed by atoms with E-state index in [0.29, 0.717) is 22.2 Å². The molecular weight excluding hydrogens is 444 g/mol. The number of rotatable bonds is 6. The average Bonchev–Trinajstić information content (AvgIpc) is 3.28. The third-order valence-corrected chi connectivity index (χ3v) is 5.51. The Labute approximate surface area is 194 Å². The molecule has 0 saturated carbocycles. The molecule has 0 radical (unpaired) electrons. The highest BCUT2D eigenvalue weighted by atomic mass is 35.5. The van der Waals surface area contributed by atoms with Crippen molar-refractivity contribution >= 4 is 29.0 Å². The second-order valence-electron chi connectivity index (χ2n) is 7.62. The maximum Gasteiger partial charge on any atom is 0.269 e. The van der Waals surface area contributed by atoms with E-state index >= 15 is 0 Å². The van der Waals surface area contributed by atoms with Gasteiger partial charge in [0.2, 0.25) is 5.91 Å². The van der Waals surface area contributed by atoms with E-state index in [4.69, 9.17) is 11.6 Å². The molecule has 4 rings (SSSR count). The van der Waals surface area contributed by atoms with Crippen LogP contribution < -0.4 is 5.32 Å². The first-order valence-electron chi connectivity index (χ1n) is 10.2. The highest BCUT2D eigenvalue weighted by Crippen LogP contribution is 2.23. The molecule has 0 unspecified atom stereocenters. The van der Waals surface area contributed by atoms with Crippen molar-refractivity contribution in [3.8, 4) is 11.4 Å². The van der Waals surface area contributed by atoms with E-state index in [2.05, 4.69) is 15.5 Å². The normalized spacial score (nSPS) is 10.9. The summed E-state index contributed by atoms with van der Waals surface area (Å²) in [6.07, 6.45) is 0.135. The highest BCUT2D eigenvalue weighted by molar-refractivity contribution is 6.30. The molecule has 0 spiro atoms. The summed E-state index contributed by atoms with van der Waals surface area (Å²) in [7, 11) is 0. The first kappa shape index (κ1) is 22.2. The standard InChI is InChI=1S/C23H21ClN6O3/c1-14-12-22(29(26-14)19-8-10-20(11-9-19)30(32)33)25-23(31)13-21-15(2)27-28(16(21)3)18-6-4-17(24)5-7-18/h4-12H,13H2,1-3H3,(H,25,31). The van der Waals surface area contributed by atoms with Crippen LogP contribution in [-0.4, -0.2) is 30.4 Å². The summed E-state index contributed by atoms with van der Waals surface area (Å²) < 4.78 is 3.34. The van der Waals surface area contributed by atoms with Crippen molar-refractivity contribution in [1.82, 2.24) is 19.6 Å². The lowest BCUT2D eigenvalue weighted by molar-refractivity contribution is -0.384. The summed E-state index contributed by atoms with van der Waals surface area (Å²) in [6.45, 7) is 5.60. The van der Waals surface area contributed by atoms with Gasteiger partial charge in [0, 0.05) is 34.5 Å². The number of hydrogen-bond donors (Lipinski definition) is 1. The Morgan fingerprint density at radius 2 is 1.61 bits per heavy atom. The summed E-state index contributed by atoms with van der Waals surface area (Å²) in [6, 6.07) is 15.0. The van der Waals surface area contributed by atoms with Crippen LogP contribution in [0.5, 0.6) is 0 Å². The van der Waals surface area contributed by atoms with Gasteiger partial charge in [-0.1, -0.05) is 11.6 Å². The van der Waals surface area contributed by atoms with E-state index in [9.17, 15) is 14.9 Å². The van der Waals surface area contributed by atoms with Gasteiger partial charge in [-0.25, -0.2) is 9.36 Å². The van der Waals surface area contributed by atoms with Gasteiger partial charge in [-0.05, 0) is 57.2 Å². The van der Waals surface area contributed by atoms with E-state index in [1.165, 1.54) is 12.1 Å². The zero-order valence-electron chi connectivity index (χ0n) is 18.2. The van der Waals surface area contributed by atoms with Gasteiger partial charge >= 0.3 is 0 Å². The summed E-state index contributed by atoms with van der Waals surface area (Å²) >= 11 is 5.98. The number of nitrogens with zero attached hydrogens (tertiary/aromatic N) is 5. The number of nitrogens with one attached hydrogen (secondary N) is 1. The minimum Gasteiger partial charge on any atom is -0.310 e. The van der Waals surface area contributed by atoms with Crippen molar-refractivity contribution in [3.05, 3.63) is 92.4 Å². The number of hydrogen-bond acceptors (Lipinski definition) is 5. The maximum atomic E-state index is 12.9. The van der Waals surface area contributed by atoms with Crippen LogP contribution in [0.15, 0.2) is 54.6 Å². The summed E-state index contributed by atoms with van der Waals surface area (Å²) in [5.74, 6) is 0.256. The molecular formula is C23H21ClN6O3. The Hall–Kier alpha value is -3.98. The van der Waals surface area contributed by atoms with Gasteiger partial charge in [-0.2, -0.15) is 10.2 Å². The summed E-state index contributed by atoms with van der Waals surface area (Å²) in [4.78, 5) is 23.4. The van der Waals surface area contributed by atoms with Crippen molar-refractivity contribution in [1.29, 1.82) is 0 Å². The molecule has 2 heterocycles. The smallest absolute Gasteiger partial charge is 0.269 e. The lowest BCUT2D eigenvalue weighted by Gasteiger charge is -2.09. The molecule has 1 amide bonds. The number of amides is 1. The van der Waals surface area contributed by atoms with Crippen molar-refractivity contribution in [2.75, 3.05) is 5.32 Å². The number of carbonyl (C=O) groups excluding carboxylic acids is 1. The van der Waals surface area contributed by atoms with Crippen LogP contribution in [0.1, 0.15) is 22.6 Å². The topological polar surface area (TPSA) is 108 Å². The van der Waals surface area contributed by atoms with Gasteiger partial charge in [-0.15, -0.1) is 0 Å². The first-order chi connectivity index (χ1) is 15.7. The molecule has 0 saturated heterocycles. The summed E-state index contributed by atoms with van der Waals surface area (Å²) in [5.41, 5.74) is 4.61. The van der Waals surface area contributed by atoms with Gasteiger partial charge in [0.1, 0.15) is 5.82 Å². The third kappa shape index (κ3) is 4.63. The van der Waals surface area contributed by atoms with Crippen LogP contribution in [0.25, 0.3) is 11.4 Å². The Balaban J connectivity index is 1.56. The molecule has 168 valence electrons. The Bertz CT molecular complexity index is 1340. The number of nitro groups is 1. The largest absolute Gasteiger partial charge is 0.310 e. The summed E-state index contributed by atoms with van der Waals surface area (Å²) in [5, 5.41) is 23.4. The maximum absolute atomic E-state index is 12.9. The number of halogens is 1. The van der Waals surface area contributed by atoms with E-state index in [0.717, 1.165) is 22.6 Å². The fourth-order valence-electron chi connectivity index (χ4n) is 3.61. The van der Waals surface area contributed by atoms with Gasteiger partial charge < -0.3 is 5.32 Å². The molecule has 0 atom stereocenters. The second kappa shape index (κ2) is 8.87. The molecule has 0 aliphatic heterocycles. The van der Waals surface area contributed by atoms with E-state index in [1.807, 2.05) is 32.9 Å². The predicted octanol–water partition coefficient (Wildman–Crippen LogP) is 4.73. The van der Waals surface area contributed by atoms with Crippen LogP contribution in [0.2, 0.25) is 5.02 Å². The minimum atomic E-state index is -0.463. The lowest BCUT2D eigenvalue weighted by atomic mass is 10.1. The second-order valence-corrected chi connectivity index (χ2v) is 8.06. The van der Waals surface area contributed by atoms with Crippen LogP contribution in [-0.2, 0) is 11.2 Å². The fraction of sp³-hybridized carbons (Fsp3) is 0.174. The van der Waals surface area contributed by atoms with Gasteiger partial charge in [0.25, 0.3) is 5.69 Å². The van der Waals surface area contributed by atoms with Gasteiger partial charge in [-0.3, -0.25) is 14.9 Å². The zero-order chi connectivity index (χ0) is 23.7. The predicted molar refractivity (Wildman–Crippen MR) is 125 cm³/mol. The molecule has 2 aromatic carbocycles. The van der Waals surface area contributed by atoms with Crippen molar-refractivity contribution < 1.29 is 9.72 Å². The molecule has 0 aliphatic rings. The monoisotopic (exact) mass is 464 g/mol. The Morgan fingerprint density at radius 3 is 2.24 bits per heavy atom. The highest BCUT2D eigenvalue weighted by Gasteiger charge is 2.18. The number of non-ortho nitro benzene ring substituents is 1. The molecule has 1 N–H and O–H groups in total. The number of aryl methyl sites for hydroxylation is 2. The van der Waals surface area contributed by atoms with Gasteiger partial charge in [0.15, 0.2) is 0 Å². The van der Waals surface area contributed by atoms with Crippen LogP contribution >= 0.6 is 11.6 Å². The first-order valence-corrected chi connectivity index (χ1v) is 10.5. The molecule has 0 bridgehead atoms. The molecule has 9 nitrogen and oxygen atoms in total. The Kier molecular flexibility index (Phi) is 5.97. The van der Waals surface area contributed by atoms with E-state index in [1.54, 1.807) is 39.7 Å². The molecule has 0 aliphatic carbocycles. The van der Waals surface area contributed by atoms with Crippen molar-refractivity contribution in [2.24, 2.45) is 0 Å². The van der Waals surface area contributed by atoms with Gasteiger partial charge in [0.05, 0.1) is 34.1 Å². The van der Waals surface area contributed by atoms with Crippen LogP contribution in [0, 0.1) is 30.9 Å². The quantitative estimate of drug-likeness (QED) is 0.328. The molecule has 2 aromatic heterocycles. The fourth-order valence-corrected chi connectivity index (χ4v) is 3.74.